The lowest BCUT2D eigenvalue weighted by molar-refractivity contribution is 0.332. The van der Waals surface area contributed by atoms with Crippen molar-refractivity contribution in [2.75, 3.05) is 7.05 Å². The van der Waals surface area contributed by atoms with E-state index in [1.807, 2.05) is 20.0 Å². The maximum atomic E-state index is 12.5. The number of aryl methyl sites for hydroxylation is 1. The molecule has 0 unspecified atom stereocenters. The van der Waals surface area contributed by atoms with Gasteiger partial charge in [0.05, 0.1) is 4.90 Å². The second kappa shape index (κ2) is 6.90. The van der Waals surface area contributed by atoms with Crippen LogP contribution < -0.4 is 10.0 Å². The second-order valence-electron chi connectivity index (χ2n) is 6.20. The Morgan fingerprint density at radius 3 is 2.48 bits per heavy atom. The Morgan fingerprint density at radius 1 is 1.19 bits per heavy atom. The molecular formula is C16H26N2O2S. The standard InChI is InChI=1S/C16H26N2O2S/c1-12-4-7-15(8-5-12)18-21(19,20)16-9-6-13(2)14(10-16)11-17-3/h6,9-10,12,15,17-18H,4-5,7-8,11H2,1-3H3. The van der Waals surface area contributed by atoms with E-state index < -0.39 is 10.0 Å². The molecule has 1 aromatic rings. The van der Waals surface area contributed by atoms with Crippen LogP contribution in [-0.2, 0) is 16.6 Å². The topological polar surface area (TPSA) is 58.2 Å². The highest BCUT2D eigenvalue weighted by Crippen LogP contribution is 2.25. The lowest BCUT2D eigenvalue weighted by Crippen LogP contribution is -2.37. The van der Waals surface area contributed by atoms with Crippen LogP contribution in [0.2, 0.25) is 0 Å². The van der Waals surface area contributed by atoms with Crippen molar-refractivity contribution in [1.29, 1.82) is 0 Å². The molecule has 0 amide bonds. The SMILES string of the molecule is CNCc1cc(S(=O)(=O)NC2CCC(C)CC2)ccc1C. The van der Waals surface area contributed by atoms with Crippen LogP contribution in [0.1, 0.15) is 43.7 Å². The molecule has 0 atom stereocenters. The van der Waals surface area contributed by atoms with Gasteiger partial charge in [0, 0.05) is 12.6 Å². The van der Waals surface area contributed by atoms with Crippen molar-refractivity contribution in [3.05, 3.63) is 29.3 Å². The Balaban J connectivity index is 2.13. The molecule has 2 rings (SSSR count). The first-order valence-electron chi connectivity index (χ1n) is 7.69. The van der Waals surface area contributed by atoms with Crippen molar-refractivity contribution in [1.82, 2.24) is 10.0 Å². The molecule has 5 heteroatoms. The Kier molecular flexibility index (Phi) is 5.41. The van der Waals surface area contributed by atoms with Crippen molar-refractivity contribution < 1.29 is 8.42 Å². The molecule has 0 aromatic heterocycles. The van der Waals surface area contributed by atoms with Crippen molar-refractivity contribution in [2.24, 2.45) is 5.92 Å². The summed E-state index contributed by atoms with van der Waals surface area (Å²) in [6, 6.07) is 5.44. The number of benzene rings is 1. The normalized spacial score (nSPS) is 23.2. The minimum atomic E-state index is -3.41. The molecule has 1 aliphatic rings. The zero-order valence-electron chi connectivity index (χ0n) is 13.1. The first kappa shape index (κ1) is 16.5. The van der Waals surface area contributed by atoms with Crippen LogP contribution in [0.25, 0.3) is 0 Å². The smallest absolute Gasteiger partial charge is 0.240 e. The van der Waals surface area contributed by atoms with E-state index in [9.17, 15) is 8.42 Å². The maximum Gasteiger partial charge on any atom is 0.240 e. The monoisotopic (exact) mass is 310 g/mol. The summed E-state index contributed by atoms with van der Waals surface area (Å²) in [4.78, 5) is 0.372. The fourth-order valence-corrected chi connectivity index (χ4v) is 4.22. The highest BCUT2D eigenvalue weighted by atomic mass is 32.2. The number of sulfonamides is 1. The van der Waals surface area contributed by atoms with Gasteiger partial charge in [0.15, 0.2) is 0 Å². The van der Waals surface area contributed by atoms with E-state index in [1.54, 1.807) is 12.1 Å². The van der Waals surface area contributed by atoms with Crippen LogP contribution in [0.15, 0.2) is 23.1 Å². The summed E-state index contributed by atoms with van der Waals surface area (Å²) < 4.78 is 27.9. The van der Waals surface area contributed by atoms with Gasteiger partial charge in [-0.25, -0.2) is 13.1 Å². The molecule has 118 valence electrons. The Labute approximate surface area is 128 Å². The molecule has 0 spiro atoms. The first-order chi connectivity index (χ1) is 9.92. The predicted octanol–water partition coefficient (Wildman–Crippen LogP) is 2.57. The maximum absolute atomic E-state index is 12.5. The summed E-state index contributed by atoms with van der Waals surface area (Å²) in [6.45, 7) is 4.91. The fraction of sp³-hybridized carbons (Fsp3) is 0.625. The average molecular weight is 310 g/mol. The van der Waals surface area contributed by atoms with Crippen molar-refractivity contribution in [2.45, 2.75) is 57.0 Å². The van der Waals surface area contributed by atoms with Crippen molar-refractivity contribution in [3.8, 4) is 0 Å². The van der Waals surface area contributed by atoms with E-state index in [-0.39, 0.29) is 6.04 Å². The third-order valence-corrected chi connectivity index (χ3v) is 5.85. The van der Waals surface area contributed by atoms with Gasteiger partial charge >= 0.3 is 0 Å². The highest BCUT2D eigenvalue weighted by molar-refractivity contribution is 7.89. The highest BCUT2D eigenvalue weighted by Gasteiger charge is 2.24. The molecule has 0 aliphatic heterocycles. The van der Waals surface area contributed by atoms with E-state index in [4.69, 9.17) is 0 Å². The van der Waals surface area contributed by atoms with Crippen LogP contribution in [0.5, 0.6) is 0 Å². The van der Waals surface area contributed by atoms with Crippen LogP contribution in [-0.4, -0.2) is 21.5 Å². The largest absolute Gasteiger partial charge is 0.316 e. The lowest BCUT2D eigenvalue weighted by atomic mass is 9.88. The summed E-state index contributed by atoms with van der Waals surface area (Å²) in [5, 5.41) is 3.07. The number of hydrogen-bond acceptors (Lipinski definition) is 3. The first-order valence-corrected chi connectivity index (χ1v) is 9.17. The third-order valence-electron chi connectivity index (χ3n) is 4.34. The number of nitrogens with one attached hydrogen (secondary N) is 2. The minimum absolute atomic E-state index is 0.0836. The van der Waals surface area contributed by atoms with E-state index in [2.05, 4.69) is 17.0 Å². The molecule has 1 aliphatic carbocycles. The van der Waals surface area contributed by atoms with E-state index in [0.717, 1.165) is 36.8 Å². The molecule has 21 heavy (non-hydrogen) atoms. The van der Waals surface area contributed by atoms with E-state index >= 15 is 0 Å². The fourth-order valence-electron chi connectivity index (χ4n) is 2.86. The van der Waals surface area contributed by atoms with Gasteiger partial charge in [-0.1, -0.05) is 13.0 Å². The Hall–Kier alpha value is -0.910. The van der Waals surface area contributed by atoms with Gasteiger partial charge in [0.2, 0.25) is 10.0 Å². The molecule has 0 radical (unpaired) electrons. The van der Waals surface area contributed by atoms with E-state index in [1.165, 1.54) is 0 Å². The molecule has 1 aromatic carbocycles. The van der Waals surface area contributed by atoms with E-state index in [0.29, 0.717) is 17.4 Å². The second-order valence-corrected chi connectivity index (χ2v) is 7.91. The van der Waals surface area contributed by atoms with Gasteiger partial charge in [-0.3, -0.25) is 0 Å². The van der Waals surface area contributed by atoms with Gasteiger partial charge in [-0.05, 0) is 68.8 Å². The zero-order chi connectivity index (χ0) is 15.5. The van der Waals surface area contributed by atoms with Crippen molar-refractivity contribution in [3.63, 3.8) is 0 Å². The zero-order valence-corrected chi connectivity index (χ0v) is 14.0. The van der Waals surface area contributed by atoms with Gasteiger partial charge < -0.3 is 5.32 Å². The number of rotatable bonds is 5. The average Bonchev–Trinajstić information content (AvgIpc) is 2.43. The van der Waals surface area contributed by atoms with Gasteiger partial charge in [0.25, 0.3) is 0 Å². The molecule has 0 saturated heterocycles. The summed E-state index contributed by atoms with van der Waals surface area (Å²) >= 11 is 0. The summed E-state index contributed by atoms with van der Waals surface area (Å²) in [7, 11) is -1.55. The molecule has 2 N–H and O–H groups in total. The van der Waals surface area contributed by atoms with Gasteiger partial charge in [-0.15, -0.1) is 0 Å². The molecule has 4 nitrogen and oxygen atoms in total. The summed E-state index contributed by atoms with van der Waals surface area (Å²) in [5.41, 5.74) is 2.13. The van der Waals surface area contributed by atoms with Crippen molar-refractivity contribution >= 4 is 10.0 Å². The minimum Gasteiger partial charge on any atom is -0.316 e. The molecule has 0 bridgehead atoms. The van der Waals surface area contributed by atoms with Gasteiger partial charge in [0.1, 0.15) is 0 Å². The molecule has 0 heterocycles. The predicted molar refractivity (Wildman–Crippen MR) is 85.7 cm³/mol. The van der Waals surface area contributed by atoms with Crippen LogP contribution >= 0.6 is 0 Å². The van der Waals surface area contributed by atoms with Crippen LogP contribution in [0, 0.1) is 12.8 Å². The van der Waals surface area contributed by atoms with Crippen LogP contribution in [0.3, 0.4) is 0 Å². The Morgan fingerprint density at radius 2 is 1.86 bits per heavy atom. The molecule has 1 saturated carbocycles. The number of hydrogen-bond donors (Lipinski definition) is 2. The van der Waals surface area contributed by atoms with Gasteiger partial charge in [-0.2, -0.15) is 0 Å². The Bertz CT molecular complexity index is 576. The quantitative estimate of drug-likeness (QED) is 0.879. The van der Waals surface area contributed by atoms with Crippen LogP contribution in [0.4, 0.5) is 0 Å². The summed E-state index contributed by atoms with van der Waals surface area (Å²) in [6.07, 6.45) is 4.09. The molecular weight excluding hydrogens is 284 g/mol. The third kappa shape index (κ3) is 4.28. The lowest BCUT2D eigenvalue weighted by Gasteiger charge is -2.26. The summed E-state index contributed by atoms with van der Waals surface area (Å²) in [5.74, 6) is 0.715. The molecule has 1 fully saturated rings.